The number of aromatic nitrogens is 3. The molecule has 0 spiro atoms. The Kier molecular flexibility index (Phi) is 6.95. The molecule has 5 nitrogen and oxygen atoms in total. The van der Waals surface area contributed by atoms with Gasteiger partial charge in [-0.05, 0) is 35.6 Å². The number of anilines is 1. The highest BCUT2D eigenvalue weighted by Gasteiger charge is 2.18. The van der Waals surface area contributed by atoms with Crippen molar-refractivity contribution in [3.05, 3.63) is 94.9 Å². The molecule has 2 heterocycles. The van der Waals surface area contributed by atoms with Crippen LogP contribution in [0.2, 0.25) is 0 Å². The van der Waals surface area contributed by atoms with E-state index in [0.29, 0.717) is 12.3 Å². The molecule has 2 aromatic carbocycles. The van der Waals surface area contributed by atoms with E-state index in [2.05, 4.69) is 27.7 Å². The van der Waals surface area contributed by atoms with E-state index < -0.39 is 0 Å². The van der Waals surface area contributed by atoms with Gasteiger partial charge in [0.1, 0.15) is 6.33 Å². The van der Waals surface area contributed by atoms with Gasteiger partial charge in [0, 0.05) is 17.1 Å². The van der Waals surface area contributed by atoms with Crippen LogP contribution in [0.1, 0.15) is 10.4 Å². The van der Waals surface area contributed by atoms with Gasteiger partial charge in [0.05, 0.1) is 12.3 Å². The van der Waals surface area contributed by atoms with Crippen LogP contribution in [0.3, 0.4) is 0 Å². The second-order valence-corrected chi connectivity index (χ2v) is 8.70. The van der Waals surface area contributed by atoms with E-state index in [4.69, 9.17) is 0 Å². The molecule has 0 bridgehead atoms. The lowest BCUT2D eigenvalue weighted by atomic mass is 10.2. The first-order valence-corrected chi connectivity index (χ1v) is 11.6. The Morgan fingerprint density at radius 3 is 2.50 bits per heavy atom. The molecule has 0 atom stereocenters. The van der Waals surface area contributed by atoms with Crippen molar-refractivity contribution in [1.29, 1.82) is 0 Å². The topological polar surface area (TPSA) is 51.0 Å². The van der Waals surface area contributed by atoms with Crippen LogP contribution in [0.25, 0.3) is 0 Å². The van der Waals surface area contributed by atoms with Gasteiger partial charge in [0.2, 0.25) is 5.91 Å². The Labute approximate surface area is 184 Å². The fourth-order valence-corrected chi connectivity index (χ4v) is 4.61. The van der Waals surface area contributed by atoms with Crippen LogP contribution in [0.4, 0.5) is 5.69 Å². The highest BCUT2D eigenvalue weighted by molar-refractivity contribution is 7.99. The first-order chi connectivity index (χ1) is 14.8. The lowest BCUT2D eigenvalue weighted by Crippen LogP contribution is -2.32. The number of aryl methyl sites for hydroxylation is 2. The molecule has 0 aliphatic heterocycles. The number of benzene rings is 2. The van der Waals surface area contributed by atoms with E-state index in [-0.39, 0.29) is 5.91 Å². The minimum Gasteiger partial charge on any atom is -0.308 e. The van der Waals surface area contributed by atoms with Crippen molar-refractivity contribution in [2.45, 2.75) is 24.7 Å². The molecule has 0 fully saturated rings. The summed E-state index contributed by atoms with van der Waals surface area (Å²) < 4.78 is 2.02. The Balaban J connectivity index is 1.42. The quantitative estimate of drug-likeness (QED) is 0.351. The lowest BCUT2D eigenvalue weighted by Gasteiger charge is -2.23. The molecule has 0 N–H and O–H groups in total. The Bertz CT molecular complexity index is 1050. The van der Waals surface area contributed by atoms with Crippen molar-refractivity contribution in [2.75, 3.05) is 10.7 Å². The standard InChI is InChI=1S/C23H22N4OS2/c28-22(17-30-23-25-24-18-26(23)14-13-21-12-7-15-29-21)27(20-10-5-2-6-11-20)16-19-8-3-1-4-9-19/h1-12,15,18H,13-14,16-17H2. The minimum absolute atomic E-state index is 0.0443. The number of hydrogen-bond acceptors (Lipinski definition) is 5. The van der Waals surface area contributed by atoms with Crippen LogP contribution in [0, 0.1) is 0 Å². The van der Waals surface area contributed by atoms with Crippen LogP contribution >= 0.6 is 23.1 Å². The number of thiophene rings is 1. The maximum Gasteiger partial charge on any atom is 0.237 e. The van der Waals surface area contributed by atoms with Gasteiger partial charge >= 0.3 is 0 Å². The van der Waals surface area contributed by atoms with E-state index in [1.165, 1.54) is 16.6 Å². The molecular formula is C23H22N4OS2. The van der Waals surface area contributed by atoms with Crippen molar-refractivity contribution in [1.82, 2.24) is 14.8 Å². The van der Waals surface area contributed by atoms with Gasteiger partial charge in [-0.1, -0.05) is 66.4 Å². The SMILES string of the molecule is O=C(CSc1nncn1CCc1cccs1)N(Cc1ccccc1)c1ccccc1. The first-order valence-electron chi connectivity index (χ1n) is 9.72. The molecule has 152 valence electrons. The Morgan fingerprint density at radius 1 is 1.00 bits per heavy atom. The van der Waals surface area contributed by atoms with Crippen LogP contribution in [0.5, 0.6) is 0 Å². The van der Waals surface area contributed by atoms with Gasteiger partial charge in [-0.25, -0.2) is 0 Å². The summed E-state index contributed by atoms with van der Waals surface area (Å²) in [7, 11) is 0. The summed E-state index contributed by atoms with van der Waals surface area (Å²) in [6.07, 6.45) is 2.67. The van der Waals surface area contributed by atoms with Gasteiger partial charge in [0.25, 0.3) is 0 Å². The van der Waals surface area contributed by atoms with Crippen molar-refractivity contribution >= 4 is 34.7 Å². The molecule has 4 aromatic rings. The zero-order valence-corrected chi connectivity index (χ0v) is 18.1. The van der Waals surface area contributed by atoms with E-state index in [9.17, 15) is 4.79 Å². The van der Waals surface area contributed by atoms with Crippen LogP contribution in [-0.4, -0.2) is 26.4 Å². The molecule has 2 aromatic heterocycles. The summed E-state index contributed by atoms with van der Waals surface area (Å²) >= 11 is 3.18. The van der Waals surface area contributed by atoms with Crippen LogP contribution < -0.4 is 4.90 Å². The first kappa shape index (κ1) is 20.4. The van der Waals surface area contributed by atoms with Crippen LogP contribution in [0.15, 0.2) is 89.7 Å². The normalized spacial score (nSPS) is 10.8. The third-order valence-electron chi connectivity index (χ3n) is 4.64. The summed E-state index contributed by atoms with van der Waals surface area (Å²) in [6, 6.07) is 24.0. The number of nitrogens with zero attached hydrogens (tertiary/aromatic N) is 4. The predicted molar refractivity (Wildman–Crippen MR) is 123 cm³/mol. The predicted octanol–water partition coefficient (Wildman–Crippen LogP) is 4.91. The average molecular weight is 435 g/mol. The number of hydrogen-bond donors (Lipinski definition) is 0. The number of amides is 1. The second kappa shape index (κ2) is 10.2. The molecule has 4 rings (SSSR count). The molecule has 0 unspecified atom stereocenters. The summed E-state index contributed by atoms with van der Waals surface area (Å²) in [5, 5.41) is 11.1. The van der Waals surface area contributed by atoms with Gasteiger partial charge in [0.15, 0.2) is 5.16 Å². The largest absolute Gasteiger partial charge is 0.308 e. The van der Waals surface area contributed by atoms with Gasteiger partial charge in [-0.15, -0.1) is 21.5 Å². The van der Waals surface area contributed by atoms with Gasteiger partial charge < -0.3 is 9.47 Å². The van der Waals surface area contributed by atoms with E-state index in [1.54, 1.807) is 17.7 Å². The molecule has 1 amide bonds. The molecule has 0 saturated heterocycles. The van der Waals surface area contributed by atoms with Crippen molar-refractivity contribution in [3.63, 3.8) is 0 Å². The third kappa shape index (κ3) is 5.37. The highest BCUT2D eigenvalue weighted by Crippen LogP contribution is 2.22. The number of carbonyl (C=O) groups excluding carboxylic acids is 1. The minimum atomic E-state index is 0.0443. The smallest absolute Gasteiger partial charge is 0.237 e. The van der Waals surface area contributed by atoms with E-state index >= 15 is 0 Å². The zero-order chi connectivity index (χ0) is 20.6. The van der Waals surface area contributed by atoms with Crippen molar-refractivity contribution in [2.24, 2.45) is 0 Å². The second-order valence-electron chi connectivity index (χ2n) is 6.73. The lowest BCUT2D eigenvalue weighted by molar-refractivity contribution is -0.116. The van der Waals surface area contributed by atoms with Gasteiger partial charge in [-0.2, -0.15) is 0 Å². The zero-order valence-electron chi connectivity index (χ0n) is 16.4. The van der Waals surface area contributed by atoms with E-state index in [0.717, 1.165) is 29.4 Å². The summed E-state index contributed by atoms with van der Waals surface area (Å²) in [5.74, 6) is 0.349. The number of para-hydroxylation sites is 1. The monoisotopic (exact) mass is 434 g/mol. The van der Waals surface area contributed by atoms with Crippen molar-refractivity contribution < 1.29 is 4.79 Å². The third-order valence-corrected chi connectivity index (χ3v) is 6.54. The summed E-state index contributed by atoms with van der Waals surface area (Å²) in [6.45, 7) is 1.34. The van der Waals surface area contributed by atoms with Crippen LogP contribution in [-0.2, 0) is 24.3 Å². The number of carbonyl (C=O) groups is 1. The maximum atomic E-state index is 13.1. The Morgan fingerprint density at radius 2 is 1.77 bits per heavy atom. The molecular weight excluding hydrogens is 412 g/mol. The maximum absolute atomic E-state index is 13.1. The summed E-state index contributed by atoms with van der Waals surface area (Å²) in [5.41, 5.74) is 1.99. The molecule has 30 heavy (non-hydrogen) atoms. The number of thioether (sulfide) groups is 1. The molecule has 7 heteroatoms. The average Bonchev–Trinajstić information content (AvgIpc) is 3.47. The van der Waals surface area contributed by atoms with Crippen molar-refractivity contribution in [3.8, 4) is 0 Å². The molecule has 0 aliphatic rings. The van der Waals surface area contributed by atoms with E-state index in [1.807, 2.05) is 70.1 Å². The molecule has 0 saturated carbocycles. The fourth-order valence-electron chi connectivity index (χ4n) is 3.10. The molecule has 0 radical (unpaired) electrons. The Hall–Kier alpha value is -2.90. The number of rotatable bonds is 9. The van der Waals surface area contributed by atoms with Gasteiger partial charge in [-0.3, -0.25) is 4.79 Å². The highest BCUT2D eigenvalue weighted by atomic mass is 32.2. The fraction of sp³-hybridized carbons (Fsp3) is 0.174. The summed E-state index contributed by atoms with van der Waals surface area (Å²) in [4.78, 5) is 16.3. The molecule has 0 aliphatic carbocycles.